The van der Waals surface area contributed by atoms with Crippen molar-refractivity contribution >= 4 is 44.4 Å². The molecule has 1 heterocycles. The van der Waals surface area contributed by atoms with Crippen molar-refractivity contribution in [3.63, 3.8) is 0 Å². The van der Waals surface area contributed by atoms with Crippen LogP contribution in [0.2, 0.25) is 5.02 Å². The van der Waals surface area contributed by atoms with Gasteiger partial charge in [0.05, 0.1) is 10.6 Å². The van der Waals surface area contributed by atoms with Gasteiger partial charge in [0, 0.05) is 0 Å². The second-order valence-electron chi connectivity index (χ2n) is 2.27. The summed E-state index contributed by atoms with van der Waals surface area (Å²) in [6, 6.07) is 1.05. The average molecular weight is 305 g/mol. The van der Waals surface area contributed by atoms with E-state index in [0.29, 0.717) is 0 Å². The van der Waals surface area contributed by atoms with E-state index in [1.165, 1.54) is 0 Å². The predicted molar refractivity (Wildman–Crippen MR) is 52.1 cm³/mol. The van der Waals surface area contributed by atoms with Crippen LogP contribution in [-0.2, 0) is 0 Å². The lowest BCUT2D eigenvalue weighted by atomic mass is 10.2. The number of aromatic nitrogens is 1. The van der Waals surface area contributed by atoms with Gasteiger partial charge in [0.25, 0.3) is 11.7 Å². The zero-order valence-electron chi connectivity index (χ0n) is 6.40. The lowest BCUT2D eigenvalue weighted by Gasteiger charge is -2.05. The molecule has 0 N–H and O–H groups in total. The van der Waals surface area contributed by atoms with E-state index in [4.69, 9.17) is 23.2 Å². The second kappa shape index (κ2) is 4.51. The Labute approximate surface area is 96.3 Å². The summed E-state index contributed by atoms with van der Waals surface area (Å²) >= 11 is 13.5. The Balaban J connectivity index is 3.39. The molecule has 0 bridgehead atoms. The topological polar surface area (TPSA) is 30.0 Å². The molecule has 0 atom stereocenters. The van der Waals surface area contributed by atoms with Crippen molar-refractivity contribution in [1.82, 2.24) is 4.98 Å². The molecule has 0 spiro atoms. The zero-order chi connectivity index (χ0) is 10.9. The third-order valence-electron chi connectivity index (χ3n) is 1.38. The summed E-state index contributed by atoms with van der Waals surface area (Å²) in [7, 11) is 0. The molecule has 1 rings (SSSR count). The number of nitrogens with zero attached hydrogens (tertiary/aromatic N) is 1. The highest BCUT2D eigenvalue weighted by molar-refractivity contribution is 9.10. The van der Waals surface area contributed by atoms with E-state index in [9.17, 15) is 13.6 Å². The molecule has 76 valence electrons. The first-order valence-electron chi connectivity index (χ1n) is 3.27. The zero-order valence-corrected chi connectivity index (χ0v) is 9.50. The predicted octanol–water partition coefficient (Wildman–Crippen LogP) is 3.81. The number of hydrogen-bond acceptors (Lipinski definition) is 2. The summed E-state index contributed by atoms with van der Waals surface area (Å²) in [6.07, 6.45) is -2.87. The van der Waals surface area contributed by atoms with Gasteiger partial charge in [-0.3, -0.25) is 4.79 Å². The highest BCUT2D eigenvalue weighted by Gasteiger charge is 2.20. The van der Waals surface area contributed by atoms with Crippen LogP contribution >= 0.6 is 39.1 Å². The lowest BCUT2D eigenvalue weighted by molar-refractivity contribution is 0.106. The smallest absolute Gasteiger partial charge is 0.276 e. The average Bonchev–Trinajstić information content (AvgIpc) is 2.08. The molecule has 1 aromatic rings. The van der Waals surface area contributed by atoms with Crippen LogP contribution in [0.3, 0.4) is 0 Å². The molecular weight excluding hydrogens is 303 g/mol. The van der Waals surface area contributed by atoms with Gasteiger partial charge in [-0.25, -0.2) is 13.8 Å². The van der Waals surface area contributed by atoms with Crippen LogP contribution in [0.5, 0.6) is 0 Å². The minimum Gasteiger partial charge on any atom is -0.276 e. The van der Waals surface area contributed by atoms with E-state index < -0.39 is 17.4 Å². The van der Waals surface area contributed by atoms with Gasteiger partial charge in [-0.1, -0.05) is 11.6 Å². The molecule has 14 heavy (non-hydrogen) atoms. The fraction of sp³-hybridized carbons (Fsp3) is 0.143. The molecule has 0 saturated carbocycles. The normalized spacial score (nSPS) is 10.7. The second-order valence-corrected chi connectivity index (χ2v) is 3.77. The first-order valence-corrected chi connectivity index (χ1v) is 4.82. The van der Waals surface area contributed by atoms with Gasteiger partial charge >= 0.3 is 0 Å². The number of halogens is 5. The Morgan fingerprint density at radius 2 is 2.14 bits per heavy atom. The third-order valence-corrected chi connectivity index (χ3v) is 2.71. The van der Waals surface area contributed by atoms with E-state index >= 15 is 0 Å². The first kappa shape index (κ1) is 11.8. The number of alkyl halides is 2. The van der Waals surface area contributed by atoms with Crippen LogP contribution in [0.25, 0.3) is 0 Å². The molecular formula is C7H2BrCl2F2NO. The maximum absolute atomic E-state index is 12.4. The van der Waals surface area contributed by atoms with Gasteiger partial charge in [-0.05, 0) is 33.6 Å². The van der Waals surface area contributed by atoms with Crippen LogP contribution < -0.4 is 0 Å². The quantitative estimate of drug-likeness (QED) is 0.614. The molecule has 1 aromatic heterocycles. The Morgan fingerprint density at radius 1 is 1.57 bits per heavy atom. The molecule has 0 radical (unpaired) electrons. The fourth-order valence-electron chi connectivity index (χ4n) is 0.803. The molecule has 0 aliphatic carbocycles. The molecule has 0 amide bonds. The molecule has 0 unspecified atom stereocenters. The van der Waals surface area contributed by atoms with Crippen molar-refractivity contribution in [3.05, 3.63) is 26.9 Å². The van der Waals surface area contributed by atoms with Gasteiger partial charge in [0.2, 0.25) is 0 Å². The highest BCUT2D eigenvalue weighted by Crippen LogP contribution is 2.29. The molecule has 0 aromatic carbocycles. The fourth-order valence-corrected chi connectivity index (χ4v) is 1.41. The van der Waals surface area contributed by atoms with Gasteiger partial charge < -0.3 is 0 Å². The van der Waals surface area contributed by atoms with Crippen LogP contribution in [0, 0.1) is 0 Å². The van der Waals surface area contributed by atoms with E-state index in [1.54, 1.807) is 0 Å². The van der Waals surface area contributed by atoms with Crippen molar-refractivity contribution in [1.29, 1.82) is 0 Å². The Morgan fingerprint density at radius 3 is 2.57 bits per heavy atom. The molecule has 0 aliphatic rings. The monoisotopic (exact) mass is 303 g/mol. The summed E-state index contributed by atoms with van der Waals surface area (Å²) in [6.45, 7) is 0. The number of hydrogen-bond donors (Lipinski definition) is 0. The van der Waals surface area contributed by atoms with Gasteiger partial charge in [0.15, 0.2) is 0 Å². The standard InChI is InChI=1S/C7H2BrCl2F2NO/c8-5-3(9)1-2(6(10)14)4(13-5)7(11)12/h1,7H. The lowest BCUT2D eigenvalue weighted by Crippen LogP contribution is -2.02. The number of carbonyl (C=O) groups excluding carboxylic acids is 1. The first-order chi connectivity index (χ1) is 6.43. The van der Waals surface area contributed by atoms with Gasteiger partial charge in [0.1, 0.15) is 10.3 Å². The Bertz CT molecular complexity index is 386. The summed E-state index contributed by atoms with van der Waals surface area (Å²) in [5, 5.41) is -0.958. The van der Waals surface area contributed by atoms with E-state index in [-0.39, 0.29) is 15.2 Å². The molecule has 2 nitrogen and oxygen atoms in total. The minimum absolute atomic E-state index is 0.0520. The van der Waals surface area contributed by atoms with Crippen molar-refractivity contribution in [3.8, 4) is 0 Å². The van der Waals surface area contributed by atoms with Crippen molar-refractivity contribution in [2.45, 2.75) is 6.43 Å². The number of pyridine rings is 1. The molecule has 7 heteroatoms. The Hall–Kier alpha value is -0.260. The molecule has 0 saturated heterocycles. The highest BCUT2D eigenvalue weighted by atomic mass is 79.9. The number of carbonyl (C=O) groups is 1. The van der Waals surface area contributed by atoms with Crippen LogP contribution in [0.4, 0.5) is 8.78 Å². The summed E-state index contributed by atoms with van der Waals surface area (Å²) in [5.41, 5.74) is -1.06. The van der Waals surface area contributed by atoms with E-state index in [1.807, 2.05) is 0 Å². The molecule has 0 fully saturated rings. The summed E-state index contributed by atoms with van der Waals surface area (Å²) < 4.78 is 24.8. The van der Waals surface area contributed by atoms with E-state index in [2.05, 4.69) is 20.9 Å². The van der Waals surface area contributed by atoms with E-state index in [0.717, 1.165) is 6.07 Å². The summed E-state index contributed by atoms with van der Waals surface area (Å²) in [4.78, 5) is 14.2. The minimum atomic E-state index is -2.87. The maximum atomic E-state index is 12.4. The van der Waals surface area contributed by atoms with Crippen molar-refractivity contribution < 1.29 is 13.6 Å². The Kier molecular flexibility index (Phi) is 3.80. The molecule has 0 aliphatic heterocycles. The van der Waals surface area contributed by atoms with Crippen LogP contribution in [0.15, 0.2) is 10.7 Å². The largest absolute Gasteiger partial charge is 0.281 e. The van der Waals surface area contributed by atoms with Crippen LogP contribution in [-0.4, -0.2) is 10.2 Å². The van der Waals surface area contributed by atoms with Crippen molar-refractivity contribution in [2.24, 2.45) is 0 Å². The maximum Gasteiger partial charge on any atom is 0.281 e. The van der Waals surface area contributed by atoms with Crippen molar-refractivity contribution in [2.75, 3.05) is 0 Å². The van der Waals surface area contributed by atoms with Crippen LogP contribution in [0.1, 0.15) is 22.5 Å². The number of rotatable bonds is 2. The SMILES string of the molecule is O=C(Cl)c1cc(Cl)c(Br)nc1C(F)F. The van der Waals surface area contributed by atoms with Gasteiger partial charge in [-0.15, -0.1) is 0 Å². The third kappa shape index (κ3) is 2.40. The summed E-state index contributed by atoms with van der Waals surface area (Å²) in [5.74, 6) is 0. The van der Waals surface area contributed by atoms with Gasteiger partial charge in [-0.2, -0.15) is 0 Å².